The van der Waals surface area contributed by atoms with Gasteiger partial charge in [0.1, 0.15) is 6.10 Å². The molecule has 18 heavy (non-hydrogen) atoms. The number of amides is 1. The summed E-state index contributed by atoms with van der Waals surface area (Å²) < 4.78 is 5.48. The van der Waals surface area contributed by atoms with Crippen molar-refractivity contribution in [2.24, 2.45) is 0 Å². The predicted molar refractivity (Wildman–Crippen MR) is 72.5 cm³/mol. The number of nitrogens with two attached hydrogens (primary N) is 1. The number of carbonyl (C=O) groups is 1. The zero-order valence-corrected chi connectivity index (χ0v) is 11.0. The first-order valence-corrected chi connectivity index (χ1v) is 6.37. The van der Waals surface area contributed by atoms with Gasteiger partial charge in [0.25, 0.3) is 5.91 Å². The second-order valence-corrected chi connectivity index (χ2v) is 4.87. The maximum Gasteiger partial charge on any atom is 0.253 e. The summed E-state index contributed by atoms with van der Waals surface area (Å²) in [5, 5.41) is 2.96. The van der Waals surface area contributed by atoms with Crippen molar-refractivity contribution < 1.29 is 9.53 Å². The van der Waals surface area contributed by atoms with Crippen molar-refractivity contribution in [3.63, 3.8) is 0 Å². The number of rotatable bonds is 2. The zero-order valence-electron chi connectivity index (χ0n) is 11.0. The number of aryl methyl sites for hydroxylation is 2. The molecule has 4 heteroatoms. The normalized spacial score (nSPS) is 19.6. The Kier molecular flexibility index (Phi) is 3.87. The first-order valence-electron chi connectivity index (χ1n) is 6.37. The first kappa shape index (κ1) is 12.9. The van der Waals surface area contributed by atoms with Gasteiger partial charge in [0, 0.05) is 18.0 Å². The molecule has 0 saturated carbocycles. The highest BCUT2D eigenvalue weighted by molar-refractivity contribution is 5.95. The number of nitrogens with one attached hydrogen (secondary N) is 1. The molecule has 0 bridgehead atoms. The van der Waals surface area contributed by atoms with Gasteiger partial charge in [-0.05, 0) is 56.4 Å². The molecule has 1 aromatic rings. The number of carbonyl (C=O) groups excluding carboxylic acids is 1. The Hall–Kier alpha value is -1.55. The highest BCUT2D eigenvalue weighted by Crippen LogP contribution is 2.24. The van der Waals surface area contributed by atoms with Crippen LogP contribution in [-0.4, -0.2) is 18.6 Å². The molecule has 1 aliphatic rings. The third kappa shape index (κ3) is 2.82. The van der Waals surface area contributed by atoms with Crippen LogP contribution in [0.25, 0.3) is 0 Å². The lowest BCUT2D eigenvalue weighted by molar-refractivity contribution is -0.129. The average molecular weight is 248 g/mol. The summed E-state index contributed by atoms with van der Waals surface area (Å²) in [7, 11) is 0. The number of benzene rings is 1. The van der Waals surface area contributed by atoms with E-state index in [9.17, 15) is 4.79 Å². The van der Waals surface area contributed by atoms with Gasteiger partial charge < -0.3 is 15.8 Å². The van der Waals surface area contributed by atoms with Gasteiger partial charge >= 0.3 is 0 Å². The first-order chi connectivity index (χ1) is 8.58. The molecule has 98 valence electrons. The fourth-order valence-electron chi connectivity index (χ4n) is 2.35. The van der Waals surface area contributed by atoms with Crippen molar-refractivity contribution in [2.75, 3.05) is 17.7 Å². The Balaban J connectivity index is 2.11. The summed E-state index contributed by atoms with van der Waals surface area (Å²) in [5.41, 5.74) is 9.30. The number of nitrogen functional groups attached to an aromatic ring is 1. The lowest BCUT2D eigenvalue weighted by atomic mass is 10.1. The fraction of sp³-hybridized carbons (Fsp3) is 0.500. The Morgan fingerprint density at radius 2 is 2.00 bits per heavy atom. The van der Waals surface area contributed by atoms with Gasteiger partial charge in [0.15, 0.2) is 0 Å². The van der Waals surface area contributed by atoms with Gasteiger partial charge in [0.2, 0.25) is 0 Å². The van der Waals surface area contributed by atoms with E-state index in [1.54, 1.807) is 0 Å². The molecule has 1 fully saturated rings. The SMILES string of the molecule is Cc1cc(N)cc(C)c1NC(=O)C1CCCCO1. The summed E-state index contributed by atoms with van der Waals surface area (Å²) in [5.74, 6) is -0.0503. The monoisotopic (exact) mass is 248 g/mol. The van der Waals surface area contributed by atoms with Gasteiger partial charge in [0.05, 0.1) is 0 Å². The quantitative estimate of drug-likeness (QED) is 0.790. The molecule has 1 unspecified atom stereocenters. The van der Waals surface area contributed by atoms with Crippen molar-refractivity contribution in [3.05, 3.63) is 23.3 Å². The topological polar surface area (TPSA) is 64.3 Å². The van der Waals surface area contributed by atoms with Crippen LogP contribution in [0.15, 0.2) is 12.1 Å². The van der Waals surface area contributed by atoms with E-state index in [2.05, 4.69) is 5.32 Å². The smallest absolute Gasteiger partial charge is 0.253 e. The molecule has 3 N–H and O–H groups in total. The molecule has 1 atom stereocenters. The molecule has 1 heterocycles. The van der Waals surface area contributed by atoms with Crippen molar-refractivity contribution in [2.45, 2.75) is 39.2 Å². The Bertz CT molecular complexity index is 428. The highest BCUT2D eigenvalue weighted by atomic mass is 16.5. The van der Waals surface area contributed by atoms with Crippen molar-refractivity contribution >= 4 is 17.3 Å². The molecule has 1 aromatic carbocycles. The van der Waals surface area contributed by atoms with Gasteiger partial charge in [-0.15, -0.1) is 0 Å². The molecule has 0 radical (unpaired) electrons. The zero-order chi connectivity index (χ0) is 13.1. The second-order valence-electron chi connectivity index (χ2n) is 4.87. The summed E-state index contributed by atoms with van der Waals surface area (Å²) in [6.45, 7) is 4.57. The van der Waals surface area contributed by atoms with E-state index in [1.165, 1.54) is 0 Å². The Morgan fingerprint density at radius 3 is 2.56 bits per heavy atom. The maximum absolute atomic E-state index is 12.1. The van der Waals surface area contributed by atoms with Crippen LogP contribution in [0, 0.1) is 13.8 Å². The molecule has 1 amide bonds. The number of ether oxygens (including phenoxy) is 1. The minimum absolute atomic E-state index is 0.0503. The minimum Gasteiger partial charge on any atom is -0.399 e. The molecule has 0 spiro atoms. The molecule has 0 aromatic heterocycles. The summed E-state index contributed by atoms with van der Waals surface area (Å²) in [6.07, 6.45) is 2.59. The van der Waals surface area contributed by atoms with Gasteiger partial charge in [-0.3, -0.25) is 4.79 Å². The van der Waals surface area contributed by atoms with Crippen LogP contribution in [-0.2, 0) is 9.53 Å². The standard InChI is InChI=1S/C14H20N2O2/c1-9-7-11(15)8-10(2)13(9)16-14(17)12-5-3-4-6-18-12/h7-8,12H,3-6,15H2,1-2H3,(H,16,17). The van der Waals surface area contributed by atoms with Crippen LogP contribution in [0.5, 0.6) is 0 Å². The predicted octanol–water partition coefficient (Wildman–Crippen LogP) is 2.39. The number of anilines is 2. The van der Waals surface area contributed by atoms with Crippen LogP contribution in [0.2, 0.25) is 0 Å². The minimum atomic E-state index is -0.310. The summed E-state index contributed by atoms with van der Waals surface area (Å²) in [6, 6.07) is 3.73. The van der Waals surface area contributed by atoms with E-state index in [1.807, 2.05) is 26.0 Å². The molecule has 4 nitrogen and oxygen atoms in total. The highest BCUT2D eigenvalue weighted by Gasteiger charge is 2.22. The van der Waals surface area contributed by atoms with E-state index >= 15 is 0 Å². The van der Waals surface area contributed by atoms with Crippen molar-refractivity contribution in [1.29, 1.82) is 0 Å². The van der Waals surface area contributed by atoms with Gasteiger partial charge in [-0.25, -0.2) is 0 Å². The second kappa shape index (κ2) is 5.40. The third-order valence-corrected chi connectivity index (χ3v) is 3.28. The van der Waals surface area contributed by atoms with E-state index < -0.39 is 0 Å². The fourth-order valence-corrected chi connectivity index (χ4v) is 2.35. The largest absolute Gasteiger partial charge is 0.399 e. The number of hydrogen-bond donors (Lipinski definition) is 2. The lowest BCUT2D eigenvalue weighted by Crippen LogP contribution is -2.33. The van der Waals surface area contributed by atoms with Gasteiger partial charge in [-0.1, -0.05) is 0 Å². The van der Waals surface area contributed by atoms with Crippen LogP contribution in [0.3, 0.4) is 0 Å². The Labute approximate surface area is 108 Å². The van der Waals surface area contributed by atoms with E-state index in [4.69, 9.17) is 10.5 Å². The molecular formula is C14H20N2O2. The van der Waals surface area contributed by atoms with E-state index in [0.29, 0.717) is 6.61 Å². The molecule has 2 rings (SSSR count). The molecular weight excluding hydrogens is 228 g/mol. The van der Waals surface area contributed by atoms with Crippen LogP contribution in [0.4, 0.5) is 11.4 Å². The Morgan fingerprint density at radius 1 is 1.33 bits per heavy atom. The van der Waals surface area contributed by atoms with Crippen LogP contribution in [0.1, 0.15) is 30.4 Å². The van der Waals surface area contributed by atoms with E-state index in [-0.39, 0.29) is 12.0 Å². The van der Waals surface area contributed by atoms with Gasteiger partial charge in [-0.2, -0.15) is 0 Å². The number of hydrogen-bond acceptors (Lipinski definition) is 3. The lowest BCUT2D eigenvalue weighted by Gasteiger charge is -2.22. The van der Waals surface area contributed by atoms with Crippen molar-refractivity contribution in [3.8, 4) is 0 Å². The van der Waals surface area contributed by atoms with Crippen LogP contribution < -0.4 is 11.1 Å². The van der Waals surface area contributed by atoms with E-state index in [0.717, 1.165) is 41.8 Å². The average Bonchev–Trinajstić information content (AvgIpc) is 2.34. The summed E-state index contributed by atoms with van der Waals surface area (Å²) >= 11 is 0. The van der Waals surface area contributed by atoms with Crippen molar-refractivity contribution in [1.82, 2.24) is 0 Å². The van der Waals surface area contributed by atoms with Crippen LogP contribution >= 0.6 is 0 Å². The summed E-state index contributed by atoms with van der Waals surface area (Å²) in [4.78, 5) is 12.1. The third-order valence-electron chi connectivity index (χ3n) is 3.28. The molecule has 1 saturated heterocycles. The maximum atomic E-state index is 12.1. The molecule has 1 aliphatic heterocycles. The molecule has 0 aliphatic carbocycles.